The van der Waals surface area contributed by atoms with Crippen LogP contribution in [0.25, 0.3) is 16.6 Å². The van der Waals surface area contributed by atoms with E-state index < -0.39 is 0 Å². The predicted octanol–water partition coefficient (Wildman–Crippen LogP) is 4.43. The van der Waals surface area contributed by atoms with Crippen LogP contribution < -0.4 is 9.64 Å². The van der Waals surface area contributed by atoms with Gasteiger partial charge in [0.2, 0.25) is 0 Å². The quantitative estimate of drug-likeness (QED) is 0.627. The number of para-hydroxylation sites is 2. The Bertz CT molecular complexity index is 1050. The highest BCUT2D eigenvalue weighted by atomic mass is 16.5. The number of hydrogen-bond acceptors (Lipinski definition) is 4. The van der Waals surface area contributed by atoms with Crippen molar-refractivity contribution in [2.24, 2.45) is 0 Å². The minimum absolute atomic E-state index is 0.126. The number of nitrogens with zero attached hydrogens (tertiary/aromatic N) is 2. The molecule has 0 amide bonds. The van der Waals surface area contributed by atoms with E-state index in [0.29, 0.717) is 23.8 Å². The second-order valence-electron chi connectivity index (χ2n) is 6.68. The van der Waals surface area contributed by atoms with Gasteiger partial charge in [-0.25, -0.2) is 4.98 Å². The van der Waals surface area contributed by atoms with Crippen LogP contribution >= 0.6 is 0 Å². The average molecular weight is 362 g/mol. The van der Waals surface area contributed by atoms with Crippen LogP contribution in [0.2, 0.25) is 0 Å². The van der Waals surface area contributed by atoms with E-state index in [1.54, 1.807) is 4.90 Å². The highest BCUT2D eigenvalue weighted by molar-refractivity contribution is 6.30. The fourth-order valence-electron chi connectivity index (χ4n) is 3.29. The lowest BCUT2D eigenvalue weighted by Crippen LogP contribution is -2.26. The summed E-state index contributed by atoms with van der Waals surface area (Å²) >= 11 is 0. The highest BCUT2D eigenvalue weighted by Crippen LogP contribution is 2.35. The first-order chi connectivity index (χ1) is 13.1. The Balaban J connectivity index is 1.69. The third-order valence-corrected chi connectivity index (χ3v) is 4.60. The lowest BCUT2D eigenvalue weighted by molar-refractivity contribution is 0.318. The van der Waals surface area contributed by atoms with Crippen molar-refractivity contribution >= 4 is 28.1 Å². The number of hydrogen-bond donors (Lipinski definition) is 3. The number of nitrogens with one attached hydrogen (secondary N) is 2. The maximum atomic E-state index is 10.6. The van der Waals surface area contributed by atoms with Crippen molar-refractivity contribution in [1.29, 1.82) is 5.41 Å². The molecule has 0 unspecified atom stereocenters. The number of ether oxygens (including phenoxy) is 1. The molecule has 27 heavy (non-hydrogen) atoms. The van der Waals surface area contributed by atoms with Gasteiger partial charge in [0.05, 0.1) is 35.4 Å². The molecule has 4 rings (SSSR count). The summed E-state index contributed by atoms with van der Waals surface area (Å²) in [6, 6.07) is 13.5. The second kappa shape index (κ2) is 6.79. The number of aromatic nitrogens is 2. The monoisotopic (exact) mass is 362 g/mol. The second-order valence-corrected chi connectivity index (χ2v) is 6.68. The summed E-state index contributed by atoms with van der Waals surface area (Å²) in [5, 5.41) is 19.2. The molecule has 2 heterocycles. The number of aliphatic hydroxyl groups excluding tert-OH is 1. The Morgan fingerprint density at radius 3 is 2.89 bits per heavy atom. The number of amidine groups is 1. The van der Waals surface area contributed by atoms with Crippen LogP contribution in [-0.2, 0) is 0 Å². The number of aromatic amines is 1. The third kappa shape index (κ3) is 3.03. The van der Waals surface area contributed by atoms with Crippen LogP contribution in [0.5, 0.6) is 5.75 Å². The number of anilines is 1. The summed E-state index contributed by atoms with van der Waals surface area (Å²) < 4.78 is 5.82. The molecule has 0 saturated carbocycles. The molecule has 0 saturated heterocycles. The highest BCUT2D eigenvalue weighted by Gasteiger charge is 2.32. The molecule has 0 aliphatic carbocycles. The summed E-state index contributed by atoms with van der Waals surface area (Å²) in [6.45, 7) is 4.89. The maximum Gasteiger partial charge on any atom is 0.145 e. The molecular formula is C21H22N4O2. The maximum absolute atomic E-state index is 10.6. The lowest BCUT2D eigenvalue weighted by atomic mass is 10.2. The van der Waals surface area contributed by atoms with E-state index in [4.69, 9.17) is 10.1 Å². The third-order valence-electron chi connectivity index (χ3n) is 4.60. The van der Waals surface area contributed by atoms with Crippen LogP contribution in [0.4, 0.5) is 5.69 Å². The summed E-state index contributed by atoms with van der Waals surface area (Å²) in [6.07, 6.45) is 0.902. The van der Waals surface area contributed by atoms with Crippen molar-refractivity contribution in [1.82, 2.24) is 9.97 Å². The van der Waals surface area contributed by atoms with Gasteiger partial charge in [-0.3, -0.25) is 5.41 Å². The van der Waals surface area contributed by atoms with E-state index in [1.807, 2.05) is 49.4 Å². The summed E-state index contributed by atoms with van der Waals surface area (Å²) in [7, 11) is 0. The van der Waals surface area contributed by atoms with Gasteiger partial charge in [-0.1, -0.05) is 25.1 Å². The van der Waals surface area contributed by atoms with Gasteiger partial charge >= 0.3 is 0 Å². The first-order valence-corrected chi connectivity index (χ1v) is 9.05. The molecule has 0 fully saturated rings. The zero-order valence-corrected chi connectivity index (χ0v) is 15.4. The van der Waals surface area contributed by atoms with E-state index in [2.05, 4.69) is 16.9 Å². The molecule has 0 spiro atoms. The van der Waals surface area contributed by atoms with Crippen LogP contribution in [0.1, 0.15) is 24.7 Å². The molecular weight excluding hydrogens is 340 g/mol. The van der Waals surface area contributed by atoms with Crippen LogP contribution in [0, 0.1) is 12.3 Å². The van der Waals surface area contributed by atoms with Crippen LogP contribution in [0.15, 0.2) is 48.2 Å². The molecule has 0 atom stereocenters. The Morgan fingerprint density at radius 1 is 1.26 bits per heavy atom. The minimum atomic E-state index is 0.126. The molecule has 3 aromatic rings. The van der Waals surface area contributed by atoms with E-state index in [1.165, 1.54) is 0 Å². The summed E-state index contributed by atoms with van der Waals surface area (Å²) in [5.74, 6) is 1.54. The normalized spacial score (nSPS) is 14.4. The first kappa shape index (κ1) is 17.1. The van der Waals surface area contributed by atoms with E-state index in [0.717, 1.165) is 28.7 Å². The van der Waals surface area contributed by atoms with Crippen molar-refractivity contribution in [2.45, 2.75) is 20.3 Å². The van der Waals surface area contributed by atoms with Gasteiger partial charge in [-0.2, -0.15) is 0 Å². The number of aliphatic hydroxyl groups is 1. The fraction of sp³-hybridized carbons (Fsp3) is 0.238. The summed E-state index contributed by atoms with van der Waals surface area (Å²) in [4.78, 5) is 9.54. The van der Waals surface area contributed by atoms with Crippen molar-refractivity contribution < 1.29 is 9.84 Å². The predicted molar refractivity (Wildman–Crippen MR) is 108 cm³/mol. The molecule has 6 heteroatoms. The minimum Gasteiger partial charge on any atom is -0.509 e. The number of H-pyrrole nitrogens is 1. The number of fused-ring (bicyclic) bond motifs is 1. The first-order valence-electron chi connectivity index (χ1n) is 9.05. The number of benzene rings is 2. The van der Waals surface area contributed by atoms with E-state index in [-0.39, 0.29) is 18.1 Å². The van der Waals surface area contributed by atoms with Gasteiger partial charge in [-0.15, -0.1) is 0 Å². The van der Waals surface area contributed by atoms with Crippen molar-refractivity contribution in [3.05, 3.63) is 59.6 Å². The lowest BCUT2D eigenvalue weighted by Gasteiger charge is -2.21. The van der Waals surface area contributed by atoms with E-state index in [9.17, 15) is 5.11 Å². The van der Waals surface area contributed by atoms with Gasteiger partial charge in [0.1, 0.15) is 23.2 Å². The molecule has 2 aromatic carbocycles. The number of aryl methyl sites for hydroxylation is 1. The Kier molecular flexibility index (Phi) is 4.32. The molecule has 1 aliphatic heterocycles. The van der Waals surface area contributed by atoms with Crippen LogP contribution in [-0.4, -0.2) is 34.1 Å². The molecule has 0 radical (unpaired) electrons. The largest absolute Gasteiger partial charge is 0.509 e. The fourth-order valence-corrected chi connectivity index (χ4v) is 3.29. The smallest absolute Gasteiger partial charge is 0.145 e. The molecule has 6 nitrogen and oxygen atoms in total. The molecule has 1 aromatic heterocycles. The number of imidazole rings is 1. The van der Waals surface area contributed by atoms with Crippen molar-refractivity contribution in [2.75, 3.05) is 18.1 Å². The number of rotatable bonds is 5. The van der Waals surface area contributed by atoms with Gasteiger partial charge < -0.3 is 19.7 Å². The zero-order chi connectivity index (χ0) is 19.0. The Morgan fingerprint density at radius 2 is 2.07 bits per heavy atom. The molecule has 0 bridgehead atoms. The van der Waals surface area contributed by atoms with Gasteiger partial charge in [0.15, 0.2) is 0 Å². The Labute approximate surface area is 157 Å². The average Bonchev–Trinajstić information content (AvgIpc) is 3.19. The Hall–Kier alpha value is -3.28. The topological polar surface area (TPSA) is 85.2 Å². The standard InChI is InChI=1S/C21H22N4O2/c1-3-10-27-18-7-5-4-6-16(18)25-12-17(26)19(20(25)22)21-23-14-9-8-13(2)11-15(14)24-21/h4-9,11,22,26H,3,10,12H2,1-2H3,(H,23,24). The van der Waals surface area contributed by atoms with Crippen molar-refractivity contribution in [3.63, 3.8) is 0 Å². The van der Waals surface area contributed by atoms with E-state index >= 15 is 0 Å². The SMILES string of the molecule is CCCOc1ccccc1N1CC(O)=C(c2nc3ccc(C)cc3[nH]2)C1=N. The van der Waals surface area contributed by atoms with Gasteiger partial charge in [-0.05, 0) is 43.2 Å². The van der Waals surface area contributed by atoms with Crippen molar-refractivity contribution in [3.8, 4) is 5.75 Å². The van der Waals surface area contributed by atoms with Gasteiger partial charge in [0.25, 0.3) is 0 Å². The van der Waals surface area contributed by atoms with Crippen LogP contribution in [0.3, 0.4) is 0 Å². The molecule has 138 valence electrons. The molecule has 1 aliphatic rings. The molecule has 3 N–H and O–H groups in total. The summed E-state index contributed by atoms with van der Waals surface area (Å²) in [5.41, 5.74) is 4.02. The zero-order valence-electron chi connectivity index (χ0n) is 15.4. The van der Waals surface area contributed by atoms with Gasteiger partial charge in [0, 0.05) is 0 Å².